The number of piperidine rings is 1. The molecule has 1 aliphatic carbocycles. The maximum Gasteiger partial charge on any atom is 0.226 e. The van der Waals surface area contributed by atoms with Crippen LogP contribution in [0.15, 0.2) is 30.9 Å². The predicted molar refractivity (Wildman–Crippen MR) is 140 cm³/mol. The van der Waals surface area contributed by atoms with Crippen LogP contribution in [0.5, 0.6) is 0 Å². The molecule has 0 radical (unpaired) electrons. The third-order valence-electron chi connectivity index (χ3n) is 7.47. The maximum atomic E-state index is 13.3. The average Bonchev–Trinajstić information content (AvgIpc) is 3.50. The first-order valence-electron chi connectivity index (χ1n) is 12.1. The largest absolute Gasteiger partial charge is 0.342 e. The van der Waals surface area contributed by atoms with Gasteiger partial charge in [-0.25, -0.2) is 14.5 Å². The molecule has 1 saturated heterocycles. The SMILES string of the molecule is CN(C)C1CCN(C(=O)C2CCc3c(sc4ncnc(Nc5ccn6nccc6c5Cl)c34)C2)CC1. The average molecular weight is 510 g/mol. The van der Waals surface area contributed by atoms with Crippen LogP contribution < -0.4 is 5.32 Å². The Bertz CT molecular complexity index is 1410. The molecular formula is C25H28ClN7OS. The molecule has 2 aliphatic rings. The van der Waals surface area contributed by atoms with E-state index in [1.54, 1.807) is 28.4 Å². The van der Waals surface area contributed by atoms with Crippen molar-refractivity contribution in [2.45, 2.75) is 38.1 Å². The Labute approximate surface area is 212 Å². The van der Waals surface area contributed by atoms with Gasteiger partial charge in [0.25, 0.3) is 0 Å². The summed E-state index contributed by atoms with van der Waals surface area (Å²) in [6.45, 7) is 1.72. The van der Waals surface area contributed by atoms with E-state index < -0.39 is 0 Å². The van der Waals surface area contributed by atoms with E-state index in [0.29, 0.717) is 17.0 Å². The molecule has 5 heterocycles. The first kappa shape index (κ1) is 22.7. The minimum absolute atomic E-state index is 0.0505. The quantitative estimate of drug-likeness (QED) is 0.439. The van der Waals surface area contributed by atoms with Crippen molar-refractivity contribution in [1.82, 2.24) is 29.4 Å². The Balaban J connectivity index is 1.24. The van der Waals surface area contributed by atoms with Gasteiger partial charge in [0.1, 0.15) is 17.0 Å². The van der Waals surface area contributed by atoms with E-state index in [1.165, 1.54) is 10.4 Å². The number of aryl methyl sites for hydroxylation is 1. The topological polar surface area (TPSA) is 78.7 Å². The molecule has 1 aliphatic heterocycles. The van der Waals surface area contributed by atoms with Gasteiger partial charge in [0.05, 0.1) is 27.8 Å². The number of nitrogens with one attached hydrogen (secondary N) is 1. The van der Waals surface area contributed by atoms with Crippen LogP contribution in [0.4, 0.5) is 11.5 Å². The Morgan fingerprint density at radius 2 is 2.03 bits per heavy atom. The van der Waals surface area contributed by atoms with E-state index in [-0.39, 0.29) is 5.92 Å². The first-order chi connectivity index (χ1) is 17.0. The lowest BCUT2D eigenvalue weighted by molar-refractivity contribution is -0.137. The van der Waals surface area contributed by atoms with E-state index in [0.717, 1.165) is 72.4 Å². The minimum atomic E-state index is 0.0505. The third-order valence-corrected chi connectivity index (χ3v) is 9.03. The van der Waals surface area contributed by atoms with Crippen molar-refractivity contribution >= 4 is 56.1 Å². The van der Waals surface area contributed by atoms with Gasteiger partial charge in [-0.3, -0.25) is 4.79 Å². The van der Waals surface area contributed by atoms with Gasteiger partial charge in [0.2, 0.25) is 5.91 Å². The maximum absolute atomic E-state index is 13.3. The molecule has 10 heteroatoms. The van der Waals surface area contributed by atoms with Crippen LogP contribution in [0.3, 0.4) is 0 Å². The number of fused-ring (bicyclic) bond motifs is 4. The summed E-state index contributed by atoms with van der Waals surface area (Å²) in [5.41, 5.74) is 2.89. The smallest absolute Gasteiger partial charge is 0.226 e. The number of rotatable bonds is 4. The Kier molecular flexibility index (Phi) is 5.86. The Hall–Kier alpha value is -2.75. The first-order valence-corrected chi connectivity index (χ1v) is 13.3. The fourth-order valence-electron chi connectivity index (χ4n) is 5.46. The number of aromatic nitrogens is 4. The summed E-state index contributed by atoms with van der Waals surface area (Å²) in [7, 11) is 4.25. The summed E-state index contributed by atoms with van der Waals surface area (Å²) in [4.78, 5) is 29.0. The van der Waals surface area contributed by atoms with E-state index in [4.69, 9.17) is 11.6 Å². The Morgan fingerprint density at radius 3 is 2.83 bits per heavy atom. The standard InChI is InChI=1S/C25H28ClN7OS/c1-31(2)16-6-10-32(11-7-16)25(34)15-3-4-17-20(13-15)35-24-21(17)23(27-14-28-24)30-18-8-12-33-19(22(18)26)5-9-29-33/h5,8-9,12,14-16H,3-4,6-7,10-11,13H2,1-2H3,(H,27,28,30). The van der Waals surface area contributed by atoms with Crippen LogP contribution in [0.25, 0.3) is 15.7 Å². The second kappa shape index (κ2) is 9.04. The van der Waals surface area contributed by atoms with Gasteiger partial charge in [-0.15, -0.1) is 11.3 Å². The highest BCUT2D eigenvalue weighted by Crippen LogP contribution is 2.41. The van der Waals surface area contributed by atoms with Gasteiger partial charge in [0.15, 0.2) is 0 Å². The summed E-state index contributed by atoms with van der Waals surface area (Å²) < 4.78 is 1.75. The molecule has 1 atom stereocenters. The van der Waals surface area contributed by atoms with E-state index in [2.05, 4.69) is 44.3 Å². The van der Waals surface area contributed by atoms with E-state index >= 15 is 0 Å². The molecule has 35 heavy (non-hydrogen) atoms. The molecule has 0 spiro atoms. The van der Waals surface area contributed by atoms with Crippen molar-refractivity contribution in [2.24, 2.45) is 5.92 Å². The number of nitrogens with zero attached hydrogens (tertiary/aromatic N) is 6. The van der Waals surface area contributed by atoms with E-state index in [1.807, 2.05) is 18.3 Å². The molecule has 4 aromatic heterocycles. The van der Waals surface area contributed by atoms with Gasteiger partial charge in [-0.2, -0.15) is 5.10 Å². The molecule has 0 bridgehead atoms. The van der Waals surface area contributed by atoms with Crippen molar-refractivity contribution in [1.29, 1.82) is 0 Å². The molecule has 6 rings (SSSR count). The lowest BCUT2D eigenvalue weighted by Gasteiger charge is -2.37. The zero-order valence-electron chi connectivity index (χ0n) is 19.9. The second-order valence-corrected chi connectivity index (χ2v) is 11.2. The van der Waals surface area contributed by atoms with Crippen molar-refractivity contribution in [3.8, 4) is 0 Å². The highest BCUT2D eigenvalue weighted by Gasteiger charge is 2.33. The number of thiophene rings is 1. The highest BCUT2D eigenvalue weighted by molar-refractivity contribution is 7.19. The van der Waals surface area contributed by atoms with Crippen LogP contribution >= 0.6 is 22.9 Å². The van der Waals surface area contributed by atoms with Crippen molar-refractivity contribution in [3.63, 3.8) is 0 Å². The summed E-state index contributed by atoms with van der Waals surface area (Å²) in [5.74, 6) is 1.12. The zero-order valence-corrected chi connectivity index (χ0v) is 21.4. The summed E-state index contributed by atoms with van der Waals surface area (Å²) >= 11 is 8.34. The lowest BCUT2D eigenvalue weighted by Crippen LogP contribution is -2.47. The number of hydrogen-bond acceptors (Lipinski definition) is 7. The molecule has 1 unspecified atom stereocenters. The number of halogens is 1. The summed E-state index contributed by atoms with van der Waals surface area (Å²) in [6.07, 6.45) is 9.81. The number of carbonyl (C=O) groups is 1. The van der Waals surface area contributed by atoms with Crippen molar-refractivity contribution in [2.75, 3.05) is 32.5 Å². The monoisotopic (exact) mass is 509 g/mol. The molecule has 0 aromatic carbocycles. The molecule has 1 N–H and O–H groups in total. The molecule has 1 amide bonds. The van der Waals surface area contributed by atoms with Crippen LogP contribution in [-0.4, -0.2) is 68.5 Å². The molecule has 1 fully saturated rings. The third kappa shape index (κ3) is 4.05. The number of carbonyl (C=O) groups excluding carboxylic acids is 1. The van der Waals surface area contributed by atoms with Gasteiger partial charge in [-0.05, 0) is 63.9 Å². The summed E-state index contributed by atoms with van der Waals surface area (Å²) in [5, 5.41) is 9.33. The van der Waals surface area contributed by atoms with Crippen molar-refractivity contribution in [3.05, 3.63) is 46.3 Å². The van der Waals surface area contributed by atoms with Gasteiger partial charge < -0.3 is 15.1 Å². The van der Waals surface area contributed by atoms with Gasteiger partial charge in [-0.1, -0.05) is 11.6 Å². The highest BCUT2D eigenvalue weighted by atomic mass is 35.5. The van der Waals surface area contributed by atoms with Crippen LogP contribution in [0, 0.1) is 5.92 Å². The van der Waals surface area contributed by atoms with E-state index in [9.17, 15) is 4.79 Å². The van der Waals surface area contributed by atoms with Crippen LogP contribution in [0.1, 0.15) is 29.7 Å². The van der Waals surface area contributed by atoms with Gasteiger partial charge >= 0.3 is 0 Å². The molecule has 0 saturated carbocycles. The van der Waals surface area contributed by atoms with Gasteiger partial charge in [0, 0.05) is 36.1 Å². The summed E-state index contributed by atoms with van der Waals surface area (Å²) in [6, 6.07) is 4.37. The predicted octanol–water partition coefficient (Wildman–Crippen LogP) is 4.39. The molecule has 4 aromatic rings. The Morgan fingerprint density at radius 1 is 1.20 bits per heavy atom. The zero-order chi connectivity index (χ0) is 24.1. The second-order valence-electron chi connectivity index (χ2n) is 9.70. The molecular weight excluding hydrogens is 482 g/mol. The lowest BCUT2D eigenvalue weighted by atomic mass is 9.86. The van der Waals surface area contributed by atoms with Crippen molar-refractivity contribution < 1.29 is 4.79 Å². The number of anilines is 2. The number of amides is 1. The normalized spacial score (nSPS) is 19.0. The number of likely N-dealkylation sites (tertiary alicyclic amines) is 1. The minimum Gasteiger partial charge on any atom is -0.342 e. The number of hydrogen-bond donors (Lipinski definition) is 1. The fourth-order valence-corrected chi connectivity index (χ4v) is 6.99. The number of pyridine rings is 1. The van der Waals surface area contributed by atoms with Crippen LogP contribution in [0.2, 0.25) is 5.02 Å². The molecule has 182 valence electrons. The van der Waals surface area contributed by atoms with Crippen LogP contribution in [-0.2, 0) is 17.6 Å². The molecule has 8 nitrogen and oxygen atoms in total. The fraction of sp³-hybridized carbons (Fsp3) is 0.440.